The quantitative estimate of drug-likeness (QED) is 0.187. The van der Waals surface area contributed by atoms with E-state index in [2.05, 4.69) is 0 Å². The molecule has 3 heterocycles. The normalized spacial score (nSPS) is 13.4. The fourth-order valence-corrected chi connectivity index (χ4v) is 4.94. The standard InChI is InChI=1S/C33H22N4O3/c38-32-27(33(39)37(26-19-11-4-12-20-26)36(32)25-17-9-3-10-18-25)21-30-34-31-28(35(30)24-15-7-2-8-16-24)22-29(40-31)23-13-5-1-6-14-23/h1-22H. The summed E-state index contributed by atoms with van der Waals surface area (Å²) in [6.07, 6.45) is 1.55. The van der Waals surface area contributed by atoms with E-state index in [0.29, 0.717) is 28.7 Å². The average Bonchev–Trinajstić information content (AvgIpc) is 3.64. The number of benzene rings is 4. The summed E-state index contributed by atoms with van der Waals surface area (Å²) in [5.74, 6) is 0.216. The van der Waals surface area contributed by atoms with Crippen molar-refractivity contribution in [1.29, 1.82) is 0 Å². The zero-order valence-electron chi connectivity index (χ0n) is 21.2. The van der Waals surface area contributed by atoms with Gasteiger partial charge in [-0.3, -0.25) is 14.2 Å². The van der Waals surface area contributed by atoms with E-state index in [0.717, 1.165) is 16.8 Å². The monoisotopic (exact) mass is 522 g/mol. The summed E-state index contributed by atoms with van der Waals surface area (Å²) in [6, 6.07) is 39.7. The van der Waals surface area contributed by atoms with Crippen LogP contribution >= 0.6 is 0 Å². The van der Waals surface area contributed by atoms with Crippen LogP contribution in [0.15, 0.2) is 137 Å². The van der Waals surface area contributed by atoms with Gasteiger partial charge in [0, 0.05) is 17.3 Å². The number of para-hydroxylation sites is 3. The minimum atomic E-state index is -0.441. The molecule has 1 aliphatic rings. The number of rotatable bonds is 5. The maximum Gasteiger partial charge on any atom is 0.283 e. The molecule has 1 fully saturated rings. The molecule has 192 valence electrons. The molecule has 0 bridgehead atoms. The molecule has 0 saturated carbocycles. The van der Waals surface area contributed by atoms with Gasteiger partial charge in [0.25, 0.3) is 11.8 Å². The van der Waals surface area contributed by atoms with Gasteiger partial charge in [0.2, 0.25) is 5.71 Å². The predicted molar refractivity (Wildman–Crippen MR) is 155 cm³/mol. The van der Waals surface area contributed by atoms with Crippen LogP contribution in [0.25, 0.3) is 34.3 Å². The Morgan fingerprint density at radius 1 is 0.600 bits per heavy atom. The summed E-state index contributed by atoms with van der Waals surface area (Å²) >= 11 is 0. The van der Waals surface area contributed by atoms with Crippen LogP contribution in [0.2, 0.25) is 0 Å². The SMILES string of the molecule is O=C1C(=Cc2nc3oc(-c4ccccc4)cc3n2-c2ccccc2)C(=O)N(c2ccccc2)N1c1ccccc1. The molecule has 6 aromatic rings. The molecule has 40 heavy (non-hydrogen) atoms. The Kier molecular flexibility index (Phi) is 5.60. The van der Waals surface area contributed by atoms with Gasteiger partial charge in [0.1, 0.15) is 22.7 Å². The summed E-state index contributed by atoms with van der Waals surface area (Å²) in [5, 5.41) is 2.80. The van der Waals surface area contributed by atoms with Gasteiger partial charge in [0.15, 0.2) is 0 Å². The largest absolute Gasteiger partial charge is 0.436 e. The van der Waals surface area contributed by atoms with Gasteiger partial charge in [0.05, 0.1) is 11.4 Å². The third kappa shape index (κ3) is 3.88. The number of imidazole rings is 1. The van der Waals surface area contributed by atoms with E-state index in [-0.39, 0.29) is 5.57 Å². The molecule has 7 heteroatoms. The molecule has 0 N–H and O–H groups in total. The summed E-state index contributed by atoms with van der Waals surface area (Å²) in [7, 11) is 0. The molecule has 0 unspecified atom stereocenters. The summed E-state index contributed by atoms with van der Waals surface area (Å²) < 4.78 is 8.04. The van der Waals surface area contributed by atoms with Crippen LogP contribution in [-0.2, 0) is 9.59 Å². The third-order valence-corrected chi connectivity index (χ3v) is 6.77. The second-order valence-electron chi connectivity index (χ2n) is 9.27. The number of furan rings is 1. The Bertz CT molecular complexity index is 1820. The Morgan fingerprint density at radius 2 is 1.07 bits per heavy atom. The van der Waals surface area contributed by atoms with Crippen LogP contribution in [0, 0.1) is 0 Å². The lowest BCUT2D eigenvalue weighted by Crippen LogP contribution is -2.41. The molecular weight excluding hydrogens is 500 g/mol. The maximum absolute atomic E-state index is 13.9. The van der Waals surface area contributed by atoms with Crippen molar-refractivity contribution >= 4 is 40.5 Å². The Hall–Kier alpha value is -5.69. The molecule has 0 spiro atoms. The summed E-state index contributed by atoms with van der Waals surface area (Å²) in [4.78, 5) is 32.5. The molecule has 0 aliphatic carbocycles. The fourth-order valence-electron chi connectivity index (χ4n) is 4.94. The topological polar surface area (TPSA) is 71.6 Å². The number of fused-ring (bicyclic) bond motifs is 1. The van der Waals surface area contributed by atoms with Crippen LogP contribution in [0.3, 0.4) is 0 Å². The van der Waals surface area contributed by atoms with Crippen molar-refractivity contribution in [2.75, 3.05) is 10.0 Å². The van der Waals surface area contributed by atoms with Gasteiger partial charge in [-0.05, 0) is 42.5 Å². The molecule has 0 atom stereocenters. The number of aromatic nitrogens is 2. The second kappa shape index (κ2) is 9.56. The Morgan fingerprint density at radius 3 is 1.60 bits per heavy atom. The van der Waals surface area contributed by atoms with Gasteiger partial charge in [-0.25, -0.2) is 10.0 Å². The van der Waals surface area contributed by atoms with Gasteiger partial charge < -0.3 is 4.42 Å². The number of hydrogen-bond donors (Lipinski definition) is 0. The van der Waals surface area contributed by atoms with Gasteiger partial charge in [-0.15, -0.1) is 0 Å². The van der Waals surface area contributed by atoms with Crippen molar-refractivity contribution in [2.24, 2.45) is 0 Å². The lowest BCUT2D eigenvalue weighted by Gasteiger charge is -2.27. The van der Waals surface area contributed by atoms with Crippen LogP contribution in [0.1, 0.15) is 5.82 Å². The third-order valence-electron chi connectivity index (χ3n) is 6.77. The number of hydrogen-bond acceptors (Lipinski definition) is 4. The van der Waals surface area contributed by atoms with E-state index in [1.54, 1.807) is 30.3 Å². The van der Waals surface area contributed by atoms with E-state index in [4.69, 9.17) is 9.40 Å². The van der Waals surface area contributed by atoms with Crippen molar-refractivity contribution in [3.8, 4) is 17.0 Å². The van der Waals surface area contributed by atoms with Crippen molar-refractivity contribution in [3.63, 3.8) is 0 Å². The molecule has 4 aromatic carbocycles. The summed E-state index contributed by atoms with van der Waals surface area (Å²) in [5.41, 5.74) is 4.07. The molecule has 1 aliphatic heterocycles. The van der Waals surface area contributed by atoms with Gasteiger partial charge in [-0.1, -0.05) is 84.9 Å². The molecular formula is C33H22N4O3. The first kappa shape index (κ1) is 23.4. The Labute approximate surface area is 229 Å². The first-order chi connectivity index (χ1) is 19.7. The number of carbonyl (C=O) groups excluding carboxylic acids is 2. The van der Waals surface area contributed by atoms with Crippen LogP contribution < -0.4 is 10.0 Å². The van der Waals surface area contributed by atoms with E-state index >= 15 is 0 Å². The van der Waals surface area contributed by atoms with Crippen molar-refractivity contribution in [3.05, 3.63) is 139 Å². The number of anilines is 2. The minimum Gasteiger partial charge on any atom is -0.436 e. The first-order valence-corrected chi connectivity index (χ1v) is 12.8. The molecule has 1 saturated heterocycles. The maximum atomic E-state index is 13.9. The van der Waals surface area contributed by atoms with Crippen LogP contribution in [0.4, 0.5) is 11.4 Å². The van der Waals surface area contributed by atoms with Gasteiger partial charge in [-0.2, -0.15) is 4.98 Å². The molecule has 7 nitrogen and oxygen atoms in total. The van der Waals surface area contributed by atoms with E-state index < -0.39 is 11.8 Å². The van der Waals surface area contributed by atoms with E-state index in [1.807, 2.05) is 108 Å². The number of nitrogens with zero attached hydrogens (tertiary/aromatic N) is 4. The Balaban J connectivity index is 1.40. The fraction of sp³-hybridized carbons (Fsp3) is 0. The first-order valence-electron chi connectivity index (χ1n) is 12.8. The van der Waals surface area contributed by atoms with E-state index in [9.17, 15) is 9.59 Å². The number of carbonyl (C=O) groups is 2. The zero-order chi connectivity index (χ0) is 27.1. The number of hydrazine groups is 1. The summed E-state index contributed by atoms with van der Waals surface area (Å²) in [6.45, 7) is 0. The molecule has 7 rings (SSSR count). The predicted octanol–water partition coefficient (Wildman–Crippen LogP) is 6.66. The minimum absolute atomic E-state index is 0.000762. The highest BCUT2D eigenvalue weighted by Crippen LogP contribution is 2.34. The second-order valence-corrected chi connectivity index (χ2v) is 9.27. The molecule has 2 amide bonds. The average molecular weight is 523 g/mol. The van der Waals surface area contributed by atoms with Crippen molar-refractivity contribution < 1.29 is 14.0 Å². The molecule has 0 radical (unpaired) electrons. The highest BCUT2D eigenvalue weighted by atomic mass is 16.3. The van der Waals surface area contributed by atoms with Crippen LogP contribution in [0.5, 0.6) is 0 Å². The van der Waals surface area contributed by atoms with E-state index in [1.165, 1.54) is 10.0 Å². The van der Waals surface area contributed by atoms with Crippen molar-refractivity contribution in [1.82, 2.24) is 9.55 Å². The van der Waals surface area contributed by atoms with Gasteiger partial charge >= 0.3 is 0 Å². The van der Waals surface area contributed by atoms with Crippen LogP contribution in [-0.4, -0.2) is 21.4 Å². The molecule has 2 aromatic heterocycles. The number of amides is 2. The zero-order valence-corrected chi connectivity index (χ0v) is 21.2. The highest BCUT2D eigenvalue weighted by Gasteiger charge is 2.43. The smallest absolute Gasteiger partial charge is 0.283 e. The lowest BCUT2D eigenvalue weighted by molar-refractivity contribution is -0.116. The lowest BCUT2D eigenvalue weighted by atomic mass is 10.2. The highest BCUT2D eigenvalue weighted by molar-refractivity contribution is 6.38. The van der Waals surface area contributed by atoms with Crippen molar-refractivity contribution in [2.45, 2.75) is 0 Å².